The fourth-order valence-corrected chi connectivity index (χ4v) is 3.62. The summed E-state index contributed by atoms with van der Waals surface area (Å²) in [6.07, 6.45) is 10.8. The molecule has 0 fully saturated rings. The molecule has 9 heteroatoms. The van der Waals surface area contributed by atoms with Gasteiger partial charge in [0.2, 0.25) is 0 Å². The van der Waals surface area contributed by atoms with Gasteiger partial charge in [0.1, 0.15) is 23.0 Å². The van der Waals surface area contributed by atoms with Crippen LogP contribution in [-0.4, -0.2) is 30.1 Å². The van der Waals surface area contributed by atoms with Crippen molar-refractivity contribution in [1.82, 2.24) is 29.5 Å². The third-order valence-corrected chi connectivity index (χ3v) is 5.37. The largest absolute Gasteiger partial charge is 0.457 e. The van der Waals surface area contributed by atoms with E-state index in [9.17, 15) is 4.79 Å². The molecule has 0 aliphatic carbocycles. The summed E-state index contributed by atoms with van der Waals surface area (Å²) >= 11 is 0. The third-order valence-electron chi connectivity index (χ3n) is 5.37. The monoisotopic (exact) mass is 453 g/mol. The Balaban J connectivity index is 1.28. The number of carbonyl (C=O) groups excluding carboxylic acids is 1. The molecule has 2 N–H and O–H groups in total. The molecule has 34 heavy (non-hydrogen) atoms. The lowest BCUT2D eigenvalue weighted by Gasteiger charge is -2.13. The van der Waals surface area contributed by atoms with Gasteiger partial charge in [0.25, 0.3) is 5.91 Å². The third kappa shape index (κ3) is 4.58. The highest BCUT2D eigenvalue weighted by Gasteiger charge is 2.13. The van der Waals surface area contributed by atoms with Gasteiger partial charge in [-0.2, -0.15) is 5.10 Å². The minimum atomic E-state index is -0.165. The molecule has 0 spiro atoms. The normalized spacial score (nSPS) is 10.9. The quantitative estimate of drug-likeness (QED) is 0.383. The maximum Gasteiger partial charge on any atom is 0.251 e. The second-order valence-corrected chi connectivity index (χ2v) is 7.85. The zero-order chi connectivity index (χ0) is 23.5. The van der Waals surface area contributed by atoms with Crippen molar-refractivity contribution in [1.29, 1.82) is 0 Å². The molecule has 0 radical (unpaired) electrons. The van der Waals surface area contributed by atoms with Crippen LogP contribution in [0.3, 0.4) is 0 Å². The lowest BCUT2D eigenvalue weighted by Crippen LogP contribution is -2.23. The summed E-state index contributed by atoms with van der Waals surface area (Å²) in [4.78, 5) is 21.5. The SMILES string of the molecule is Cc1c(Oc2ccnc(Nc3cnn(C)c3)c2)cccc1C(=O)NCc1ccc2nccn2c1. The molecule has 0 saturated carbocycles. The first-order valence-corrected chi connectivity index (χ1v) is 10.7. The highest BCUT2D eigenvalue weighted by molar-refractivity contribution is 5.96. The van der Waals surface area contributed by atoms with E-state index in [0.717, 1.165) is 22.5 Å². The van der Waals surface area contributed by atoms with E-state index in [-0.39, 0.29) is 5.91 Å². The summed E-state index contributed by atoms with van der Waals surface area (Å²) in [6, 6.07) is 12.9. The number of imidazole rings is 1. The molecule has 5 aromatic rings. The van der Waals surface area contributed by atoms with Gasteiger partial charge >= 0.3 is 0 Å². The van der Waals surface area contributed by atoms with Gasteiger partial charge in [-0.1, -0.05) is 12.1 Å². The number of aryl methyl sites for hydroxylation is 1. The summed E-state index contributed by atoms with van der Waals surface area (Å²) < 4.78 is 9.73. The van der Waals surface area contributed by atoms with Crippen LogP contribution in [0.15, 0.2) is 79.6 Å². The van der Waals surface area contributed by atoms with Crippen molar-refractivity contribution in [3.8, 4) is 11.5 Å². The fourth-order valence-electron chi connectivity index (χ4n) is 3.62. The van der Waals surface area contributed by atoms with Crippen molar-refractivity contribution < 1.29 is 9.53 Å². The predicted molar refractivity (Wildman–Crippen MR) is 128 cm³/mol. The van der Waals surface area contributed by atoms with E-state index in [1.165, 1.54) is 0 Å². The number of benzene rings is 1. The number of pyridine rings is 2. The second-order valence-electron chi connectivity index (χ2n) is 7.85. The van der Waals surface area contributed by atoms with E-state index >= 15 is 0 Å². The topological polar surface area (TPSA) is 98.4 Å². The Morgan fingerprint density at radius 1 is 1.09 bits per heavy atom. The fraction of sp³-hybridized carbons (Fsp3) is 0.120. The minimum Gasteiger partial charge on any atom is -0.457 e. The Morgan fingerprint density at radius 3 is 2.85 bits per heavy atom. The van der Waals surface area contributed by atoms with Crippen LogP contribution in [0.5, 0.6) is 11.5 Å². The molecule has 170 valence electrons. The van der Waals surface area contributed by atoms with Crippen molar-refractivity contribution in [2.45, 2.75) is 13.5 Å². The first-order valence-electron chi connectivity index (χ1n) is 10.7. The number of ether oxygens (including phenoxy) is 1. The van der Waals surface area contributed by atoms with E-state index in [0.29, 0.717) is 29.4 Å². The first-order chi connectivity index (χ1) is 16.5. The number of carbonyl (C=O) groups is 1. The van der Waals surface area contributed by atoms with Crippen LogP contribution < -0.4 is 15.4 Å². The number of amides is 1. The van der Waals surface area contributed by atoms with Gasteiger partial charge < -0.3 is 19.8 Å². The van der Waals surface area contributed by atoms with Crippen LogP contribution in [0.1, 0.15) is 21.5 Å². The molecular formula is C25H23N7O2. The van der Waals surface area contributed by atoms with E-state index in [2.05, 4.69) is 25.7 Å². The molecule has 0 aliphatic heterocycles. The molecule has 0 bridgehead atoms. The molecule has 1 amide bonds. The Bertz CT molecular complexity index is 1470. The molecule has 0 saturated heterocycles. The maximum absolute atomic E-state index is 12.9. The van der Waals surface area contributed by atoms with E-state index in [1.54, 1.807) is 41.5 Å². The lowest BCUT2D eigenvalue weighted by atomic mass is 10.1. The number of fused-ring (bicyclic) bond motifs is 1. The number of hydrogen-bond acceptors (Lipinski definition) is 6. The number of nitrogens with one attached hydrogen (secondary N) is 2. The Hall–Kier alpha value is -4.66. The number of hydrogen-bond donors (Lipinski definition) is 2. The zero-order valence-corrected chi connectivity index (χ0v) is 18.8. The lowest BCUT2D eigenvalue weighted by molar-refractivity contribution is 0.0950. The van der Waals surface area contributed by atoms with Gasteiger partial charge in [0.15, 0.2) is 0 Å². The van der Waals surface area contributed by atoms with Crippen molar-refractivity contribution in [3.63, 3.8) is 0 Å². The molecule has 0 atom stereocenters. The molecular weight excluding hydrogens is 430 g/mol. The number of rotatable bonds is 7. The Labute approximate surface area is 196 Å². The first kappa shape index (κ1) is 21.2. The molecule has 5 rings (SSSR count). The van der Waals surface area contributed by atoms with Gasteiger partial charge in [0, 0.05) is 61.8 Å². The molecule has 1 aromatic carbocycles. The number of anilines is 2. The second kappa shape index (κ2) is 9.07. The van der Waals surface area contributed by atoms with Gasteiger partial charge in [-0.25, -0.2) is 9.97 Å². The van der Waals surface area contributed by atoms with Gasteiger partial charge in [-0.3, -0.25) is 9.48 Å². The van der Waals surface area contributed by atoms with E-state index in [4.69, 9.17) is 4.74 Å². The molecule has 9 nitrogen and oxygen atoms in total. The maximum atomic E-state index is 12.9. The standard InChI is InChI=1S/C25H23N7O2/c1-17-21(25(33)28-13-18-6-7-24-27-10-11-32(24)15-18)4-3-5-22(17)34-20-8-9-26-23(12-20)30-19-14-29-31(2)16-19/h3-12,14-16H,13H2,1-2H3,(H,26,30)(H,28,33). The molecule has 4 aromatic heterocycles. The van der Waals surface area contributed by atoms with E-state index in [1.807, 2.05) is 61.2 Å². The van der Waals surface area contributed by atoms with E-state index < -0.39 is 0 Å². The smallest absolute Gasteiger partial charge is 0.251 e. The average Bonchev–Trinajstić information content (AvgIpc) is 3.47. The van der Waals surface area contributed by atoms with Crippen molar-refractivity contribution >= 4 is 23.1 Å². The summed E-state index contributed by atoms with van der Waals surface area (Å²) in [5.74, 6) is 1.68. The highest BCUT2D eigenvalue weighted by Crippen LogP contribution is 2.28. The summed E-state index contributed by atoms with van der Waals surface area (Å²) in [7, 11) is 1.85. The summed E-state index contributed by atoms with van der Waals surface area (Å²) in [5.41, 5.74) is 3.99. The Morgan fingerprint density at radius 2 is 2.00 bits per heavy atom. The van der Waals surface area contributed by atoms with Crippen LogP contribution in [0, 0.1) is 6.92 Å². The van der Waals surface area contributed by atoms with Crippen LogP contribution >= 0.6 is 0 Å². The van der Waals surface area contributed by atoms with Crippen molar-refractivity contribution in [2.75, 3.05) is 5.32 Å². The Kier molecular flexibility index (Phi) is 5.65. The summed E-state index contributed by atoms with van der Waals surface area (Å²) in [6.45, 7) is 2.28. The molecule has 4 heterocycles. The van der Waals surface area contributed by atoms with Crippen LogP contribution in [0.25, 0.3) is 5.65 Å². The minimum absolute atomic E-state index is 0.165. The van der Waals surface area contributed by atoms with Crippen LogP contribution in [-0.2, 0) is 13.6 Å². The predicted octanol–water partition coefficient (Wildman–Crippen LogP) is 4.24. The van der Waals surface area contributed by atoms with Crippen molar-refractivity contribution in [3.05, 3.63) is 96.3 Å². The molecule has 0 unspecified atom stereocenters. The average molecular weight is 454 g/mol. The zero-order valence-electron chi connectivity index (χ0n) is 18.8. The summed E-state index contributed by atoms with van der Waals surface area (Å²) in [5, 5.41) is 10.3. The number of aromatic nitrogens is 5. The van der Waals surface area contributed by atoms with Gasteiger partial charge in [0.05, 0.1) is 11.9 Å². The van der Waals surface area contributed by atoms with Gasteiger partial charge in [-0.05, 0) is 36.8 Å². The van der Waals surface area contributed by atoms with Crippen LogP contribution in [0.4, 0.5) is 11.5 Å². The highest BCUT2D eigenvalue weighted by atomic mass is 16.5. The van der Waals surface area contributed by atoms with Crippen LogP contribution in [0.2, 0.25) is 0 Å². The number of nitrogens with zero attached hydrogens (tertiary/aromatic N) is 5. The van der Waals surface area contributed by atoms with Gasteiger partial charge in [-0.15, -0.1) is 0 Å². The molecule has 0 aliphatic rings. The van der Waals surface area contributed by atoms with Crippen molar-refractivity contribution in [2.24, 2.45) is 7.05 Å².